The first-order valence-corrected chi connectivity index (χ1v) is 11.1. The average molecular weight is 433 g/mol. The number of benzene rings is 3. The fraction of sp³-hybridized carbons (Fsp3) is 0.200. The summed E-state index contributed by atoms with van der Waals surface area (Å²) in [5, 5.41) is 3.36. The Morgan fingerprint density at radius 3 is 2.32 bits per heavy atom. The first-order valence-electron chi connectivity index (χ1n) is 10.2. The maximum absolute atomic E-state index is 12.3. The molecule has 0 aliphatic carbocycles. The van der Waals surface area contributed by atoms with Crippen LogP contribution in [0.4, 0.5) is 5.13 Å². The maximum Gasteiger partial charge on any atom is 0.264 e. The smallest absolute Gasteiger partial charge is 0.264 e. The summed E-state index contributed by atoms with van der Waals surface area (Å²) >= 11 is 1.42. The second-order valence-electron chi connectivity index (χ2n) is 7.22. The summed E-state index contributed by atoms with van der Waals surface area (Å²) in [4.78, 5) is 16.8. The molecule has 0 radical (unpaired) electrons. The van der Waals surface area contributed by atoms with E-state index in [0.29, 0.717) is 17.5 Å². The summed E-state index contributed by atoms with van der Waals surface area (Å²) in [6.45, 7) is 4.74. The molecule has 0 aliphatic rings. The standard InChI is InChI=1S/C25H24N2O3S/c1-3-14-29-21-12-13-22-23(15-21)31-25(26-22)27-24(28)16-30-20-10-8-19(9-11-20)18-6-4-17(2)5-7-18/h4-13,15H,3,14,16H2,1-2H3,(H,26,27,28). The molecule has 0 fully saturated rings. The summed E-state index contributed by atoms with van der Waals surface area (Å²) in [6, 6.07) is 21.8. The summed E-state index contributed by atoms with van der Waals surface area (Å²) < 4.78 is 12.3. The normalized spacial score (nSPS) is 10.8. The molecule has 0 bridgehead atoms. The third-order valence-electron chi connectivity index (χ3n) is 4.69. The Balaban J connectivity index is 1.33. The van der Waals surface area contributed by atoms with E-state index in [0.717, 1.165) is 33.5 Å². The number of anilines is 1. The lowest BCUT2D eigenvalue weighted by molar-refractivity contribution is -0.118. The van der Waals surface area contributed by atoms with Crippen LogP contribution in [0.25, 0.3) is 21.3 Å². The van der Waals surface area contributed by atoms with Crippen molar-refractivity contribution >= 4 is 32.6 Å². The highest BCUT2D eigenvalue weighted by Gasteiger charge is 2.10. The molecular weight excluding hydrogens is 408 g/mol. The molecule has 4 aromatic rings. The number of hydrogen-bond donors (Lipinski definition) is 1. The number of carbonyl (C=O) groups excluding carboxylic acids is 1. The molecule has 3 aromatic carbocycles. The van der Waals surface area contributed by atoms with Crippen molar-refractivity contribution in [3.63, 3.8) is 0 Å². The molecule has 0 saturated heterocycles. The van der Waals surface area contributed by atoms with Crippen LogP contribution in [-0.4, -0.2) is 24.1 Å². The quantitative estimate of drug-likeness (QED) is 0.367. The molecule has 1 heterocycles. The summed E-state index contributed by atoms with van der Waals surface area (Å²) in [7, 11) is 0. The first kappa shape index (κ1) is 20.9. The molecular formula is C25H24N2O3S. The minimum absolute atomic E-state index is 0.0787. The van der Waals surface area contributed by atoms with Crippen molar-refractivity contribution in [2.75, 3.05) is 18.5 Å². The number of ether oxygens (including phenoxy) is 2. The molecule has 0 unspecified atom stereocenters. The zero-order valence-corrected chi connectivity index (χ0v) is 18.4. The van der Waals surface area contributed by atoms with Crippen LogP contribution in [0.15, 0.2) is 66.7 Å². The van der Waals surface area contributed by atoms with Crippen molar-refractivity contribution in [2.45, 2.75) is 20.3 Å². The van der Waals surface area contributed by atoms with E-state index in [2.05, 4.69) is 48.4 Å². The van der Waals surface area contributed by atoms with Gasteiger partial charge in [0.1, 0.15) is 11.5 Å². The van der Waals surface area contributed by atoms with Crippen molar-refractivity contribution < 1.29 is 14.3 Å². The highest BCUT2D eigenvalue weighted by atomic mass is 32.1. The van der Waals surface area contributed by atoms with Gasteiger partial charge in [0.25, 0.3) is 5.91 Å². The van der Waals surface area contributed by atoms with Crippen LogP contribution < -0.4 is 14.8 Å². The number of nitrogens with one attached hydrogen (secondary N) is 1. The van der Waals surface area contributed by atoms with Crippen LogP contribution in [0.2, 0.25) is 0 Å². The van der Waals surface area contributed by atoms with Gasteiger partial charge in [-0.1, -0.05) is 60.2 Å². The van der Waals surface area contributed by atoms with Gasteiger partial charge in [-0.15, -0.1) is 0 Å². The lowest BCUT2D eigenvalue weighted by atomic mass is 10.0. The zero-order valence-electron chi connectivity index (χ0n) is 17.6. The Morgan fingerprint density at radius 2 is 1.61 bits per heavy atom. The lowest BCUT2D eigenvalue weighted by Gasteiger charge is -2.07. The fourth-order valence-corrected chi connectivity index (χ4v) is 3.97. The monoisotopic (exact) mass is 432 g/mol. The number of thiazole rings is 1. The van der Waals surface area contributed by atoms with Crippen LogP contribution in [-0.2, 0) is 4.79 Å². The van der Waals surface area contributed by atoms with E-state index in [1.807, 2.05) is 42.5 Å². The molecule has 31 heavy (non-hydrogen) atoms. The number of nitrogens with zero attached hydrogens (tertiary/aromatic N) is 1. The molecule has 0 spiro atoms. The fourth-order valence-electron chi connectivity index (χ4n) is 3.06. The van der Waals surface area contributed by atoms with Crippen LogP contribution in [0.1, 0.15) is 18.9 Å². The van der Waals surface area contributed by atoms with Gasteiger partial charge in [-0.05, 0) is 54.8 Å². The topological polar surface area (TPSA) is 60.5 Å². The van der Waals surface area contributed by atoms with E-state index >= 15 is 0 Å². The van der Waals surface area contributed by atoms with E-state index < -0.39 is 0 Å². The van der Waals surface area contributed by atoms with Gasteiger partial charge in [0.2, 0.25) is 0 Å². The second-order valence-corrected chi connectivity index (χ2v) is 8.25. The minimum Gasteiger partial charge on any atom is -0.494 e. The van der Waals surface area contributed by atoms with Gasteiger partial charge in [-0.25, -0.2) is 4.98 Å². The average Bonchev–Trinajstić information content (AvgIpc) is 3.18. The summed E-state index contributed by atoms with van der Waals surface area (Å²) in [5.41, 5.74) is 4.31. The maximum atomic E-state index is 12.3. The van der Waals surface area contributed by atoms with E-state index in [-0.39, 0.29) is 12.5 Å². The Kier molecular flexibility index (Phi) is 6.48. The Bertz CT molecular complexity index is 1170. The van der Waals surface area contributed by atoms with Crippen LogP contribution in [0, 0.1) is 6.92 Å². The predicted molar refractivity (Wildman–Crippen MR) is 126 cm³/mol. The van der Waals surface area contributed by atoms with Crippen molar-refractivity contribution in [2.24, 2.45) is 0 Å². The number of carbonyl (C=O) groups is 1. The highest BCUT2D eigenvalue weighted by Crippen LogP contribution is 2.29. The zero-order chi connectivity index (χ0) is 21.6. The van der Waals surface area contributed by atoms with Crippen LogP contribution >= 0.6 is 11.3 Å². The van der Waals surface area contributed by atoms with Gasteiger partial charge in [0.15, 0.2) is 11.7 Å². The molecule has 4 rings (SSSR count). The molecule has 0 aliphatic heterocycles. The van der Waals surface area contributed by atoms with E-state index in [1.165, 1.54) is 16.9 Å². The number of aryl methyl sites for hydroxylation is 1. The summed E-state index contributed by atoms with van der Waals surface area (Å²) in [6.07, 6.45) is 0.955. The van der Waals surface area contributed by atoms with E-state index in [1.54, 1.807) is 0 Å². The first-order chi connectivity index (χ1) is 15.1. The van der Waals surface area contributed by atoms with Gasteiger partial charge >= 0.3 is 0 Å². The molecule has 1 N–H and O–H groups in total. The number of aromatic nitrogens is 1. The largest absolute Gasteiger partial charge is 0.494 e. The third-order valence-corrected chi connectivity index (χ3v) is 5.62. The van der Waals surface area contributed by atoms with Gasteiger partial charge in [-0.3, -0.25) is 10.1 Å². The highest BCUT2D eigenvalue weighted by molar-refractivity contribution is 7.22. The molecule has 0 saturated carbocycles. The van der Waals surface area contributed by atoms with Crippen molar-refractivity contribution in [3.8, 4) is 22.6 Å². The van der Waals surface area contributed by atoms with Gasteiger partial charge < -0.3 is 9.47 Å². The Morgan fingerprint density at radius 1 is 0.935 bits per heavy atom. The van der Waals surface area contributed by atoms with Gasteiger partial charge in [-0.2, -0.15) is 0 Å². The van der Waals surface area contributed by atoms with Gasteiger partial charge in [0.05, 0.1) is 16.8 Å². The van der Waals surface area contributed by atoms with Crippen molar-refractivity contribution in [1.82, 2.24) is 4.98 Å². The number of rotatable bonds is 8. The van der Waals surface area contributed by atoms with Gasteiger partial charge in [0, 0.05) is 0 Å². The third kappa shape index (κ3) is 5.41. The summed E-state index contributed by atoms with van der Waals surface area (Å²) in [5.74, 6) is 1.21. The van der Waals surface area contributed by atoms with E-state index in [9.17, 15) is 4.79 Å². The predicted octanol–water partition coefficient (Wildman–Crippen LogP) is 6.08. The SMILES string of the molecule is CCCOc1ccc2nc(NC(=O)COc3ccc(-c4ccc(C)cc4)cc3)sc2c1. The Labute approximate surface area is 185 Å². The van der Waals surface area contributed by atoms with E-state index in [4.69, 9.17) is 9.47 Å². The lowest BCUT2D eigenvalue weighted by Crippen LogP contribution is -2.19. The minimum atomic E-state index is -0.246. The molecule has 0 atom stereocenters. The molecule has 6 heteroatoms. The Hall–Kier alpha value is -3.38. The number of hydrogen-bond acceptors (Lipinski definition) is 5. The van der Waals surface area contributed by atoms with Crippen molar-refractivity contribution in [3.05, 3.63) is 72.3 Å². The molecule has 158 valence electrons. The van der Waals surface area contributed by atoms with Crippen molar-refractivity contribution in [1.29, 1.82) is 0 Å². The van der Waals surface area contributed by atoms with Crippen LogP contribution in [0.3, 0.4) is 0 Å². The number of amides is 1. The number of fused-ring (bicyclic) bond motifs is 1. The second kappa shape index (κ2) is 9.62. The molecule has 1 amide bonds. The van der Waals surface area contributed by atoms with Crippen LogP contribution in [0.5, 0.6) is 11.5 Å². The molecule has 1 aromatic heterocycles. The molecule has 5 nitrogen and oxygen atoms in total.